The summed E-state index contributed by atoms with van der Waals surface area (Å²) in [5.41, 5.74) is 2.24. The van der Waals surface area contributed by atoms with Crippen molar-refractivity contribution in [1.29, 1.82) is 0 Å². The standard InChI is InChI=1S/C17H26N2O2/c1-13(2)15-11-14(5-6-16(15)21-4)12-17(20)19-9-7-18(3)8-10-19/h5-6,11,13H,7-10,12H2,1-4H3. The molecule has 0 aliphatic carbocycles. The number of hydrogen-bond acceptors (Lipinski definition) is 3. The molecule has 0 atom stereocenters. The fourth-order valence-electron chi connectivity index (χ4n) is 2.69. The molecule has 0 saturated carbocycles. The lowest BCUT2D eigenvalue weighted by Crippen LogP contribution is -2.47. The lowest BCUT2D eigenvalue weighted by Gasteiger charge is -2.32. The van der Waals surface area contributed by atoms with E-state index in [1.54, 1.807) is 7.11 Å². The Morgan fingerprint density at radius 2 is 1.90 bits per heavy atom. The number of amides is 1. The Bertz CT molecular complexity index is 492. The molecule has 2 rings (SSSR count). The Balaban J connectivity index is 2.05. The van der Waals surface area contributed by atoms with Crippen molar-refractivity contribution in [3.8, 4) is 5.75 Å². The monoisotopic (exact) mass is 290 g/mol. The summed E-state index contributed by atoms with van der Waals surface area (Å²) >= 11 is 0. The average Bonchev–Trinajstić information content (AvgIpc) is 2.47. The van der Waals surface area contributed by atoms with Crippen LogP contribution in [0.25, 0.3) is 0 Å². The molecule has 0 aromatic heterocycles. The van der Waals surface area contributed by atoms with Crippen LogP contribution >= 0.6 is 0 Å². The van der Waals surface area contributed by atoms with Gasteiger partial charge >= 0.3 is 0 Å². The quantitative estimate of drug-likeness (QED) is 0.851. The number of piperazine rings is 1. The zero-order chi connectivity index (χ0) is 15.4. The molecule has 0 bridgehead atoms. The first kappa shape index (κ1) is 15.8. The molecule has 1 aliphatic heterocycles. The maximum atomic E-state index is 12.4. The second-order valence-electron chi connectivity index (χ2n) is 6.09. The Morgan fingerprint density at radius 3 is 2.48 bits per heavy atom. The van der Waals surface area contributed by atoms with Crippen LogP contribution in [0, 0.1) is 0 Å². The predicted octanol–water partition coefficient (Wildman–Crippen LogP) is 2.14. The van der Waals surface area contributed by atoms with E-state index in [9.17, 15) is 4.79 Å². The summed E-state index contributed by atoms with van der Waals surface area (Å²) in [5, 5.41) is 0. The summed E-state index contributed by atoms with van der Waals surface area (Å²) in [7, 11) is 3.79. The highest BCUT2D eigenvalue weighted by atomic mass is 16.5. The Labute approximate surface area is 127 Å². The largest absolute Gasteiger partial charge is 0.496 e. The van der Waals surface area contributed by atoms with Crippen LogP contribution in [-0.2, 0) is 11.2 Å². The second-order valence-corrected chi connectivity index (χ2v) is 6.09. The lowest BCUT2D eigenvalue weighted by atomic mass is 9.98. The van der Waals surface area contributed by atoms with Gasteiger partial charge in [-0.15, -0.1) is 0 Å². The number of ether oxygens (including phenoxy) is 1. The van der Waals surface area contributed by atoms with Crippen molar-refractivity contribution in [1.82, 2.24) is 9.80 Å². The maximum Gasteiger partial charge on any atom is 0.227 e. The van der Waals surface area contributed by atoms with Crippen molar-refractivity contribution in [2.24, 2.45) is 0 Å². The fourth-order valence-corrected chi connectivity index (χ4v) is 2.69. The summed E-state index contributed by atoms with van der Waals surface area (Å²) in [6, 6.07) is 6.08. The molecule has 1 aromatic carbocycles. The highest BCUT2D eigenvalue weighted by Gasteiger charge is 2.19. The molecule has 0 unspecified atom stereocenters. The smallest absolute Gasteiger partial charge is 0.227 e. The van der Waals surface area contributed by atoms with Gasteiger partial charge in [-0.1, -0.05) is 26.0 Å². The molecule has 1 saturated heterocycles. The van der Waals surface area contributed by atoms with Crippen molar-refractivity contribution in [3.05, 3.63) is 29.3 Å². The van der Waals surface area contributed by atoms with E-state index in [4.69, 9.17) is 4.74 Å². The van der Waals surface area contributed by atoms with Gasteiger partial charge in [-0.2, -0.15) is 0 Å². The van der Waals surface area contributed by atoms with Gasteiger partial charge in [0, 0.05) is 26.2 Å². The van der Waals surface area contributed by atoms with Gasteiger partial charge in [-0.3, -0.25) is 4.79 Å². The molecular formula is C17H26N2O2. The summed E-state index contributed by atoms with van der Waals surface area (Å²) in [6.45, 7) is 7.89. The van der Waals surface area contributed by atoms with Crippen molar-refractivity contribution in [2.45, 2.75) is 26.2 Å². The summed E-state index contributed by atoms with van der Waals surface area (Å²) in [4.78, 5) is 16.6. The first-order valence-electron chi connectivity index (χ1n) is 7.64. The minimum atomic E-state index is 0.225. The number of benzene rings is 1. The summed E-state index contributed by atoms with van der Waals surface area (Å²) < 4.78 is 5.39. The summed E-state index contributed by atoms with van der Waals surface area (Å²) in [5.74, 6) is 1.52. The third kappa shape index (κ3) is 3.97. The van der Waals surface area contributed by atoms with E-state index in [-0.39, 0.29) is 5.91 Å². The highest BCUT2D eigenvalue weighted by Crippen LogP contribution is 2.27. The van der Waals surface area contributed by atoms with Crippen LogP contribution in [0.2, 0.25) is 0 Å². The maximum absolute atomic E-state index is 12.4. The minimum Gasteiger partial charge on any atom is -0.496 e. The Morgan fingerprint density at radius 1 is 1.24 bits per heavy atom. The van der Waals surface area contributed by atoms with Crippen LogP contribution in [0.15, 0.2) is 18.2 Å². The molecule has 0 spiro atoms. The first-order chi connectivity index (χ1) is 10.0. The number of carbonyl (C=O) groups excluding carboxylic acids is 1. The number of hydrogen-bond donors (Lipinski definition) is 0. The van der Waals surface area contributed by atoms with Crippen LogP contribution < -0.4 is 4.74 Å². The zero-order valence-electron chi connectivity index (χ0n) is 13.6. The van der Waals surface area contributed by atoms with Crippen molar-refractivity contribution < 1.29 is 9.53 Å². The van der Waals surface area contributed by atoms with Crippen LogP contribution in [-0.4, -0.2) is 56.0 Å². The Kier molecular flexibility index (Phi) is 5.23. The average molecular weight is 290 g/mol. The molecule has 1 aliphatic rings. The van der Waals surface area contributed by atoms with E-state index >= 15 is 0 Å². The molecule has 1 fully saturated rings. The van der Waals surface area contributed by atoms with Gasteiger partial charge in [0.1, 0.15) is 5.75 Å². The number of nitrogens with zero attached hydrogens (tertiary/aromatic N) is 2. The number of carbonyl (C=O) groups is 1. The van der Waals surface area contributed by atoms with Gasteiger partial charge in [0.2, 0.25) is 5.91 Å². The summed E-state index contributed by atoms with van der Waals surface area (Å²) in [6.07, 6.45) is 0.480. The third-order valence-electron chi connectivity index (χ3n) is 4.13. The van der Waals surface area contributed by atoms with Crippen LogP contribution in [0.5, 0.6) is 5.75 Å². The molecule has 0 radical (unpaired) electrons. The van der Waals surface area contributed by atoms with Gasteiger partial charge in [-0.25, -0.2) is 0 Å². The number of likely N-dealkylation sites (N-methyl/N-ethyl adjacent to an activating group) is 1. The van der Waals surface area contributed by atoms with Crippen LogP contribution in [0.1, 0.15) is 30.9 Å². The van der Waals surface area contributed by atoms with Crippen molar-refractivity contribution >= 4 is 5.91 Å². The van der Waals surface area contributed by atoms with Gasteiger partial charge in [-0.05, 0) is 30.2 Å². The van der Waals surface area contributed by atoms with Crippen molar-refractivity contribution in [3.63, 3.8) is 0 Å². The minimum absolute atomic E-state index is 0.225. The second kappa shape index (κ2) is 6.94. The van der Waals surface area contributed by atoms with Gasteiger partial charge < -0.3 is 14.5 Å². The topological polar surface area (TPSA) is 32.8 Å². The van der Waals surface area contributed by atoms with E-state index in [2.05, 4.69) is 31.9 Å². The lowest BCUT2D eigenvalue weighted by molar-refractivity contribution is -0.132. The first-order valence-corrected chi connectivity index (χ1v) is 7.64. The molecule has 1 heterocycles. The molecule has 21 heavy (non-hydrogen) atoms. The Hall–Kier alpha value is -1.55. The molecule has 4 heteroatoms. The van der Waals surface area contributed by atoms with E-state index in [1.165, 1.54) is 5.56 Å². The van der Waals surface area contributed by atoms with Gasteiger partial charge in [0.25, 0.3) is 0 Å². The van der Waals surface area contributed by atoms with Crippen LogP contribution in [0.3, 0.4) is 0 Å². The predicted molar refractivity (Wildman–Crippen MR) is 84.9 cm³/mol. The van der Waals surface area contributed by atoms with E-state index in [0.29, 0.717) is 12.3 Å². The highest BCUT2D eigenvalue weighted by molar-refractivity contribution is 5.79. The van der Waals surface area contributed by atoms with Crippen LogP contribution in [0.4, 0.5) is 0 Å². The molecular weight excluding hydrogens is 264 g/mol. The molecule has 116 valence electrons. The number of methoxy groups -OCH3 is 1. The molecule has 4 nitrogen and oxygen atoms in total. The van der Waals surface area contributed by atoms with E-state index in [1.807, 2.05) is 17.0 Å². The fraction of sp³-hybridized carbons (Fsp3) is 0.588. The van der Waals surface area contributed by atoms with Gasteiger partial charge in [0.15, 0.2) is 0 Å². The zero-order valence-corrected chi connectivity index (χ0v) is 13.6. The normalized spacial score (nSPS) is 16.3. The molecule has 1 amide bonds. The van der Waals surface area contributed by atoms with Gasteiger partial charge in [0.05, 0.1) is 13.5 Å². The third-order valence-corrected chi connectivity index (χ3v) is 4.13. The molecule has 0 N–H and O–H groups in total. The SMILES string of the molecule is COc1ccc(CC(=O)N2CCN(C)CC2)cc1C(C)C. The van der Waals surface area contributed by atoms with E-state index in [0.717, 1.165) is 37.5 Å². The molecule has 1 aromatic rings. The number of rotatable bonds is 4. The van der Waals surface area contributed by atoms with Crippen molar-refractivity contribution in [2.75, 3.05) is 40.3 Å². The van der Waals surface area contributed by atoms with E-state index < -0.39 is 0 Å².